The van der Waals surface area contributed by atoms with Crippen molar-refractivity contribution in [3.63, 3.8) is 0 Å². The summed E-state index contributed by atoms with van der Waals surface area (Å²) < 4.78 is 0. The van der Waals surface area contributed by atoms with Crippen LogP contribution in [0, 0.1) is 6.07 Å². The highest BCUT2D eigenvalue weighted by atomic mass is 16.1. The van der Waals surface area contributed by atoms with E-state index in [4.69, 9.17) is 0 Å². The predicted molar refractivity (Wildman–Crippen MR) is 61.8 cm³/mol. The smallest absolute Gasteiger partial charge is 0.251 e. The Balaban J connectivity index is 2.20. The van der Waals surface area contributed by atoms with Gasteiger partial charge in [-0.05, 0) is 24.6 Å². The molecule has 0 fully saturated rings. The quantitative estimate of drug-likeness (QED) is 0.709. The van der Waals surface area contributed by atoms with Gasteiger partial charge in [0, 0.05) is 12.1 Å². The fourth-order valence-electron chi connectivity index (χ4n) is 1.39. The standard InChI is InChI=1S/C13H18NO/c1-2-3-4-8-11-14-13(15)12-9-6-5-7-10-12/h5-6,9-10H,2-4,8,11H2,1H3,(H,14,15). The van der Waals surface area contributed by atoms with Crippen LogP contribution in [0.25, 0.3) is 0 Å². The van der Waals surface area contributed by atoms with Crippen molar-refractivity contribution >= 4 is 5.91 Å². The van der Waals surface area contributed by atoms with Crippen LogP contribution in [0.15, 0.2) is 24.3 Å². The minimum absolute atomic E-state index is 0.00310. The van der Waals surface area contributed by atoms with E-state index in [1.807, 2.05) is 6.07 Å². The maximum Gasteiger partial charge on any atom is 0.251 e. The molecule has 1 aromatic carbocycles. The van der Waals surface area contributed by atoms with Gasteiger partial charge in [-0.15, -0.1) is 0 Å². The third-order valence-electron chi connectivity index (χ3n) is 2.29. The van der Waals surface area contributed by atoms with E-state index in [2.05, 4.69) is 18.3 Å². The van der Waals surface area contributed by atoms with Crippen molar-refractivity contribution in [3.8, 4) is 0 Å². The Hall–Kier alpha value is -1.31. The molecule has 2 heteroatoms. The Morgan fingerprint density at radius 3 is 2.93 bits per heavy atom. The van der Waals surface area contributed by atoms with Crippen LogP contribution in [-0.4, -0.2) is 12.5 Å². The maximum atomic E-state index is 11.5. The van der Waals surface area contributed by atoms with Crippen LogP contribution < -0.4 is 5.32 Å². The molecule has 1 rings (SSSR count). The molecular formula is C13H18NO. The second-order valence-electron chi connectivity index (χ2n) is 3.61. The third-order valence-corrected chi connectivity index (χ3v) is 2.29. The van der Waals surface area contributed by atoms with Crippen molar-refractivity contribution in [2.24, 2.45) is 0 Å². The van der Waals surface area contributed by atoms with E-state index >= 15 is 0 Å². The average Bonchev–Trinajstić information content (AvgIpc) is 2.30. The molecule has 0 saturated heterocycles. The minimum Gasteiger partial charge on any atom is -0.352 e. The average molecular weight is 204 g/mol. The zero-order valence-corrected chi connectivity index (χ0v) is 9.25. The molecule has 0 aromatic heterocycles. The highest BCUT2D eigenvalue weighted by Crippen LogP contribution is 1.99. The van der Waals surface area contributed by atoms with Crippen molar-refractivity contribution in [1.82, 2.24) is 5.32 Å². The molecule has 0 aliphatic rings. The van der Waals surface area contributed by atoms with Crippen LogP contribution >= 0.6 is 0 Å². The Morgan fingerprint density at radius 1 is 1.40 bits per heavy atom. The first kappa shape index (κ1) is 11.8. The van der Waals surface area contributed by atoms with Gasteiger partial charge in [0.15, 0.2) is 0 Å². The minimum atomic E-state index is 0.00310. The number of hydrogen-bond acceptors (Lipinski definition) is 1. The van der Waals surface area contributed by atoms with Crippen LogP contribution in [0.4, 0.5) is 0 Å². The SMILES string of the molecule is CCCCCCNC(=O)c1c[c]ccc1. The first-order valence-corrected chi connectivity index (χ1v) is 5.59. The number of rotatable bonds is 6. The zero-order chi connectivity index (χ0) is 10.9. The van der Waals surface area contributed by atoms with Gasteiger partial charge in [0.2, 0.25) is 0 Å². The maximum absolute atomic E-state index is 11.5. The summed E-state index contributed by atoms with van der Waals surface area (Å²) in [5.41, 5.74) is 0.688. The topological polar surface area (TPSA) is 29.1 Å². The molecule has 0 aliphatic carbocycles. The number of unbranched alkanes of at least 4 members (excludes halogenated alkanes) is 3. The summed E-state index contributed by atoms with van der Waals surface area (Å²) >= 11 is 0. The summed E-state index contributed by atoms with van der Waals surface area (Å²) in [5, 5.41) is 2.90. The van der Waals surface area contributed by atoms with Crippen LogP contribution in [0.5, 0.6) is 0 Å². The first-order valence-electron chi connectivity index (χ1n) is 5.59. The predicted octanol–water partition coefficient (Wildman–Crippen LogP) is 2.80. The molecule has 81 valence electrons. The van der Waals surface area contributed by atoms with Gasteiger partial charge in [-0.3, -0.25) is 4.79 Å². The van der Waals surface area contributed by atoms with E-state index in [1.54, 1.807) is 18.2 Å². The Kier molecular flexibility index (Phi) is 5.52. The van der Waals surface area contributed by atoms with E-state index in [9.17, 15) is 4.79 Å². The molecule has 0 bridgehead atoms. The van der Waals surface area contributed by atoms with Gasteiger partial charge in [0.1, 0.15) is 0 Å². The molecule has 0 saturated carbocycles. The van der Waals surface area contributed by atoms with Crippen LogP contribution in [-0.2, 0) is 0 Å². The summed E-state index contributed by atoms with van der Waals surface area (Å²) in [6.07, 6.45) is 4.73. The van der Waals surface area contributed by atoms with Crippen molar-refractivity contribution < 1.29 is 4.79 Å². The van der Waals surface area contributed by atoms with Crippen molar-refractivity contribution in [1.29, 1.82) is 0 Å². The van der Waals surface area contributed by atoms with E-state index < -0.39 is 0 Å². The highest BCUT2D eigenvalue weighted by Gasteiger charge is 2.02. The van der Waals surface area contributed by atoms with Gasteiger partial charge < -0.3 is 5.32 Å². The monoisotopic (exact) mass is 204 g/mol. The molecule has 2 nitrogen and oxygen atoms in total. The Labute approximate surface area is 91.7 Å². The lowest BCUT2D eigenvalue weighted by Gasteiger charge is -2.04. The number of carbonyl (C=O) groups excluding carboxylic acids is 1. The molecule has 0 spiro atoms. The zero-order valence-electron chi connectivity index (χ0n) is 9.25. The first-order chi connectivity index (χ1) is 7.34. The molecule has 0 heterocycles. The molecule has 0 aliphatic heterocycles. The fourth-order valence-corrected chi connectivity index (χ4v) is 1.39. The summed E-state index contributed by atoms with van der Waals surface area (Å²) in [7, 11) is 0. The lowest BCUT2D eigenvalue weighted by atomic mass is 10.2. The number of benzene rings is 1. The highest BCUT2D eigenvalue weighted by molar-refractivity contribution is 5.93. The van der Waals surface area contributed by atoms with Gasteiger partial charge >= 0.3 is 0 Å². The van der Waals surface area contributed by atoms with Crippen molar-refractivity contribution in [2.45, 2.75) is 32.6 Å². The number of hydrogen-bond donors (Lipinski definition) is 1. The van der Waals surface area contributed by atoms with Gasteiger partial charge in [-0.1, -0.05) is 38.3 Å². The summed E-state index contributed by atoms with van der Waals surface area (Å²) in [6, 6.07) is 10.0. The van der Waals surface area contributed by atoms with Gasteiger partial charge in [-0.2, -0.15) is 0 Å². The molecule has 1 radical (unpaired) electrons. The van der Waals surface area contributed by atoms with E-state index in [1.165, 1.54) is 19.3 Å². The van der Waals surface area contributed by atoms with Crippen molar-refractivity contribution in [2.75, 3.05) is 6.54 Å². The lowest BCUT2D eigenvalue weighted by Crippen LogP contribution is -2.24. The van der Waals surface area contributed by atoms with E-state index in [0.29, 0.717) is 5.56 Å². The number of amides is 1. The lowest BCUT2D eigenvalue weighted by molar-refractivity contribution is 0.0953. The second-order valence-corrected chi connectivity index (χ2v) is 3.61. The molecule has 0 atom stereocenters. The van der Waals surface area contributed by atoms with Gasteiger partial charge in [0.05, 0.1) is 0 Å². The molecule has 0 unspecified atom stereocenters. The number of carbonyl (C=O) groups is 1. The number of nitrogens with one attached hydrogen (secondary N) is 1. The Bertz CT molecular complexity index is 282. The molecular weight excluding hydrogens is 186 g/mol. The van der Waals surface area contributed by atoms with Crippen LogP contribution in [0.3, 0.4) is 0 Å². The van der Waals surface area contributed by atoms with E-state index in [0.717, 1.165) is 13.0 Å². The van der Waals surface area contributed by atoms with Crippen LogP contribution in [0.1, 0.15) is 43.0 Å². The fraction of sp³-hybridized carbons (Fsp3) is 0.462. The van der Waals surface area contributed by atoms with Gasteiger partial charge in [-0.25, -0.2) is 0 Å². The molecule has 1 aromatic rings. The third kappa shape index (κ3) is 4.63. The molecule has 15 heavy (non-hydrogen) atoms. The van der Waals surface area contributed by atoms with Gasteiger partial charge in [0.25, 0.3) is 5.91 Å². The summed E-state index contributed by atoms with van der Waals surface area (Å²) in [4.78, 5) is 11.5. The summed E-state index contributed by atoms with van der Waals surface area (Å²) in [5.74, 6) is 0.00310. The normalized spacial score (nSPS) is 9.93. The second kappa shape index (κ2) is 7.04. The Morgan fingerprint density at radius 2 is 2.27 bits per heavy atom. The van der Waals surface area contributed by atoms with Crippen LogP contribution in [0.2, 0.25) is 0 Å². The van der Waals surface area contributed by atoms with E-state index in [-0.39, 0.29) is 5.91 Å². The summed E-state index contributed by atoms with van der Waals surface area (Å²) in [6.45, 7) is 2.95. The molecule has 1 amide bonds. The molecule has 1 N–H and O–H groups in total. The largest absolute Gasteiger partial charge is 0.352 e. The van der Waals surface area contributed by atoms with Crippen molar-refractivity contribution in [3.05, 3.63) is 35.9 Å².